The highest BCUT2D eigenvalue weighted by Gasteiger charge is 2.34. The number of fused-ring (bicyclic) bond motifs is 3. The van der Waals surface area contributed by atoms with Crippen molar-refractivity contribution in [1.29, 1.82) is 0 Å². The maximum Gasteiger partial charge on any atom is 0.165 e. The highest BCUT2D eigenvalue weighted by Crippen LogP contribution is 2.69. The molecule has 0 amide bonds. The van der Waals surface area contributed by atoms with Crippen LogP contribution >= 0.6 is 10.0 Å². The van der Waals surface area contributed by atoms with E-state index >= 15 is 0 Å². The summed E-state index contributed by atoms with van der Waals surface area (Å²) in [7, 11) is -1.20. The minimum absolute atomic E-state index is 0.695. The van der Waals surface area contributed by atoms with Crippen molar-refractivity contribution < 1.29 is 0 Å². The normalized spacial score (nSPS) is 14.4. The molecule has 5 aromatic rings. The second-order valence-corrected chi connectivity index (χ2v) is 12.0. The topological polar surface area (TPSA) is 38.7 Å². The summed E-state index contributed by atoms with van der Waals surface area (Å²) in [6.07, 6.45) is 4.75. The first kappa shape index (κ1) is 19.9. The van der Waals surface area contributed by atoms with Gasteiger partial charge in [-0.1, -0.05) is 97.1 Å². The summed E-state index contributed by atoms with van der Waals surface area (Å²) in [5.41, 5.74) is 5.70. The Morgan fingerprint density at radius 3 is 1.58 bits per heavy atom. The van der Waals surface area contributed by atoms with Crippen molar-refractivity contribution in [3.63, 3.8) is 0 Å². The first-order valence-corrected chi connectivity index (χ1v) is 13.4. The van der Waals surface area contributed by atoms with Crippen LogP contribution in [0.2, 0.25) is 0 Å². The lowest BCUT2D eigenvalue weighted by atomic mass is 10.0. The minimum atomic E-state index is -1.20. The molecule has 0 unspecified atom stereocenters. The molecule has 1 aromatic heterocycles. The standard InChI is InChI=1S/C29H23N3S/c1-33(2)25-19-10-9-16-22(25)23-17-11-18-24(26(23)33)29-31-27(20-12-5-3-6-13-20)30-28(32-29)21-14-7-4-8-15-21/h3-19H,1-2H3. The van der Waals surface area contributed by atoms with Crippen molar-refractivity contribution in [3.05, 3.63) is 103 Å². The Labute approximate surface area is 195 Å². The molecule has 3 nitrogen and oxygen atoms in total. The van der Waals surface area contributed by atoms with Gasteiger partial charge in [0.15, 0.2) is 17.5 Å². The van der Waals surface area contributed by atoms with Crippen molar-refractivity contribution in [3.8, 4) is 45.3 Å². The van der Waals surface area contributed by atoms with Crippen LogP contribution in [0.5, 0.6) is 0 Å². The van der Waals surface area contributed by atoms with Crippen molar-refractivity contribution in [2.75, 3.05) is 12.5 Å². The average Bonchev–Trinajstić information content (AvgIpc) is 3.12. The molecule has 0 saturated heterocycles. The predicted octanol–water partition coefficient (Wildman–Crippen LogP) is 7.34. The fraction of sp³-hybridized carbons (Fsp3) is 0.0690. The van der Waals surface area contributed by atoms with Gasteiger partial charge >= 0.3 is 0 Å². The van der Waals surface area contributed by atoms with E-state index in [1.807, 2.05) is 60.7 Å². The maximum atomic E-state index is 5.00. The quantitative estimate of drug-likeness (QED) is 0.292. The summed E-state index contributed by atoms with van der Waals surface area (Å²) in [6, 6.07) is 35.6. The maximum absolute atomic E-state index is 5.00. The van der Waals surface area contributed by atoms with E-state index in [0.29, 0.717) is 11.6 Å². The zero-order valence-corrected chi connectivity index (χ0v) is 19.4. The number of aromatic nitrogens is 3. The first-order chi connectivity index (χ1) is 16.1. The van der Waals surface area contributed by atoms with Crippen molar-refractivity contribution in [1.82, 2.24) is 15.0 Å². The summed E-state index contributed by atoms with van der Waals surface area (Å²) in [6.45, 7) is 0. The number of rotatable bonds is 3. The second kappa shape index (κ2) is 7.68. The van der Waals surface area contributed by atoms with Crippen LogP contribution in [0.3, 0.4) is 0 Å². The van der Waals surface area contributed by atoms with Gasteiger partial charge in [-0.25, -0.2) is 15.0 Å². The molecule has 160 valence electrons. The fourth-order valence-corrected chi connectivity index (χ4v) is 7.45. The van der Waals surface area contributed by atoms with Gasteiger partial charge in [0.1, 0.15) is 0 Å². The molecule has 2 heterocycles. The van der Waals surface area contributed by atoms with Crippen LogP contribution in [0.4, 0.5) is 0 Å². The van der Waals surface area contributed by atoms with E-state index in [4.69, 9.17) is 15.0 Å². The second-order valence-electron chi connectivity index (χ2n) is 8.54. The van der Waals surface area contributed by atoms with E-state index in [2.05, 4.69) is 55.0 Å². The monoisotopic (exact) mass is 445 g/mol. The van der Waals surface area contributed by atoms with Gasteiger partial charge in [-0.15, -0.1) is 0 Å². The lowest BCUT2D eigenvalue weighted by Gasteiger charge is -2.30. The Morgan fingerprint density at radius 2 is 0.939 bits per heavy atom. The Kier molecular flexibility index (Phi) is 4.63. The molecule has 0 saturated carbocycles. The van der Waals surface area contributed by atoms with Crippen LogP contribution in [-0.2, 0) is 0 Å². The molecule has 0 N–H and O–H groups in total. The summed E-state index contributed by atoms with van der Waals surface area (Å²) in [5.74, 6) is 2.12. The number of nitrogens with zero attached hydrogens (tertiary/aromatic N) is 3. The van der Waals surface area contributed by atoms with Gasteiger partial charge in [0, 0.05) is 26.5 Å². The van der Waals surface area contributed by atoms with Gasteiger partial charge in [0.2, 0.25) is 0 Å². The van der Waals surface area contributed by atoms with Gasteiger partial charge in [-0.3, -0.25) is 0 Å². The SMILES string of the molecule is CS1(C)c2ccccc2-c2cccc(-c3nc(-c4ccccc4)nc(-c4ccccc4)n3)c21. The zero-order valence-electron chi connectivity index (χ0n) is 18.6. The van der Waals surface area contributed by atoms with Gasteiger partial charge < -0.3 is 0 Å². The van der Waals surface area contributed by atoms with Gasteiger partial charge in [0.05, 0.1) is 0 Å². The van der Waals surface area contributed by atoms with Crippen LogP contribution in [0.25, 0.3) is 45.3 Å². The van der Waals surface area contributed by atoms with Gasteiger partial charge in [-0.2, -0.15) is 10.0 Å². The highest BCUT2D eigenvalue weighted by molar-refractivity contribution is 8.33. The van der Waals surface area contributed by atoms with E-state index in [1.54, 1.807) is 0 Å². The number of benzene rings is 4. The summed E-state index contributed by atoms with van der Waals surface area (Å²) in [5, 5.41) is 0. The lowest BCUT2D eigenvalue weighted by Crippen LogP contribution is -2.03. The Morgan fingerprint density at radius 1 is 0.455 bits per heavy atom. The third-order valence-corrected chi connectivity index (χ3v) is 9.11. The van der Waals surface area contributed by atoms with Crippen LogP contribution in [0.15, 0.2) is 113 Å². The van der Waals surface area contributed by atoms with E-state index in [-0.39, 0.29) is 0 Å². The Bertz CT molecular complexity index is 1420. The lowest BCUT2D eigenvalue weighted by molar-refractivity contribution is 1.07. The molecule has 0 spiro atoms. The number of hydrogen-bond acceptors (Lipinski definition) is 3. The summed E-state index contributed by atoms with van der Waals surface area (Å²) in [4.78, 5) is 17.6. The third kappa shape index (κ3) is 3.26. The smallest absolute Gasteiger partial charge is 0.165 e. The molecular weight excluding hydrogens is 422 g/mol. The van der Waals surface area contributed by atoms with E-state index in [1.165, 1.54) is 20.9 Å². The van der Waals surface area contributed by atoms with Crippen molar-refractivity contribution in [2.24, 2.45) is 0 Å². The summed E-state index contributed by atoms with van der Waals surface area (Å²) < 4.78 is 0. The molecule has 0 radical (unpaired) electrons. The molecule has 0 aliphatic carbocycles. The minimum Gasteiger partial charge on any atom is -0.208 e. The zero-order chi connectivity index (χ0) is 22.4. The van der Waals surface area contributed by atoms with Gasteiger partial charge in [-0.05, 0) is 29.7 Å². The molecular formula is C29H23N3S. The Hall–Kier alpha value is -3.76. The molecule has 1 aliphatic heterocycles. The third-order valence-electron chi connectivity index (χ3n) is 6.19. The Balaban J connectivity index is 1.62. The van der Waals surface area contributed by atoms with Gasteiger partial charge in [0.25, 0.3) is 0 Å². The van der Waals surface area contributed by atoms with Crippen molar-refractivity contribution in [2.45, 2.75) is 9.79 Å². The molecule has 4 heteroatoms. The van der Waals surface area contributed by atoms with E-state index in [0.717, 1.165) is 22.5 Å². The fourth-order valence-electron chi connectivity index (χ4n) is 4.65. The average molecular weight is 446 g/mol. The molecule has 33 heavy (non-hydrogen) atoms. The van der Waals surface area contributed by atoms with E-state index in [9.17, 15) is 0 Å². The van der Waals surface area contributed by atoms with Crippen LogP contribution in [-0.4, -0.2) is 27.5 Å². The molecule has 1 aliphatic rings. The molecule has 4 aromatic carbocycles. The summed E-state index contributed by atoms with van der Waals surface area (Å²) >= 11 is 0. The first-order valence-electron chi connectivity index (χ1n) is 11.0. The molecule has 0 fully saturated rings. The van der Waals surface area contributed by atoms with E-state index < -0.39 is 10.0 Å². The largest absolute Gasteiger partial charge is 0.208 e. The van der Waals surface area contributed by atoms with Crippen LogP contribution in [0.1, 0.15) is 0 Å². The molecule has 0 bridgehead atoms. The van der Waals surface area contributed by atoms with Crippen molar-refractivity contribution >= 4 is 10.0 Å². The predicted molar refractivity (Wildman–Crippen MR) is 138 cm³/mol. The molecule has 0 atom stereocenters. The highest BCUT2D eigenvalue weighted by atomic mass is 32.3. The van der Waals surface area contributed by atoms with Crippen LogP contribution in [0, 0.1) is 0 Å². The molecule has 6 rings (SSSR count). The number of hydrogen-bond donors (Lipinski definition) is 0. The van der Waals surface area contributed by atoms with Crippen LogP contribution < -0.4 is 0 Å².